The summed E-state index contributed by atoms with van der Waals surface area (Å²) in [5, 5.41) is 38.2. The molecule has 0 atom stereocenters. The van der Waals surface area contributed by atoms with Gasteiger partial charge < -0.3 is 35.5 Å². The normalized spacial score (nSPS) is 0.923. The largest absolute Gasteiger partial charge is 3.00 e. The van der Waals surface area contributed by atoms with Gasteiger partial charge in [-0.2, -0.15) is 0 Å². The van der Waals surface area contributed by atoms with Crippen LogP contribution in [0, 0.1) is 71.0 Å². The zero-order valence-electron chi connectivity index (χ0n) is 6.27. The molecule has 0 spiro atoms. The predicted molar refractivity (Wildman–Crippen MR) is 34.9 cm³/mol. The zero-order chi connectivity index (χ0) is 12.0. The molecule has 0 aromatic carbocycles. The van der Waals surface area contributed by atoms with Gasteiger partial charge in [-0.3, -0.25) is 0 Å². The van der Waals surface area contributed by atoms with Crippen LogP contribution in [0.4, 0.5) is 0 Å². The average molecular weight is 215 g/mol. The molecule has 0 amide bonds. The van der Waals surface area contributed by atoms with Crippen LogP contribution in [-0.4, -0.2) is 0 Å². The second-order valence-corrected chi connectivity index (χ2v) is 0. The number of hydrogen-bond acceptors (Lipinski definition) is 6. The van der Waals surface area contributed by atoms with Crippen molar-refractivity contribution in [2.24, 2.45) is 0 Å². The van der Waals surface area contributed by atoms with Gasteiger partial charge in [-0.15, -0.1) is 0 Å². The number of nitrogens with zero attached hydrogens (tertiary/aromatic N) is 6. The molecule has 0 aliphatic carbocycles. The summed E-state index contributed by atoms with van der Waals surface area (Å²) in [5.41, 5.74) is 0. The van der Waals surface area contributed by atoms with Gasteiger partial charge in [0.2, 0.25) is 0 Å². The van der Waals surface area contributed by atoms with Crippen molar-refractivity contribution in [2.45, 2.75) is 0 Å². The third kappa shape index (κ3) is 81.6. The van der Waals surface area contributed by atoms with E-state index < -0.39 is 0 Å². The van der Waals surface area contributed by atoms with Gasteiger partial charge in [0.25, 0.3) is 0 Å². The van der Waals surface area contributed by atoms with E-state index in [4.69, 9.17) is 51.3 Å². The van der Waals surface area contributed by atoms with Crippen molar-refractivity contribution in [3.8, 4) is 19.7 Å². The quantitative estimate of drug-likeness (QED) is 0.429. The van der Waals surface area contributed by atoms with Crippen molar-refractivity contribution in [2.75, 3.05) is 0 Å². The van der Waals surface area contributed by atoms with Gasteiger partial charge in [0, 0.05) is 19.7 Å². The van der Waals surface area contributed by atoms with Crippen molar-refractivity contribution in [3.05, 3.63) is 19.7 Å². The molecule has 0 fully saturated rings. The Labute approximate surface area is 88.5 Å². The van der Waals surface area contributed by atoms with E-state index >= 15 is 0 Å². The fourth-order valence-electron chi connectivity index (χ4n) is 0. The summed E-state index contributed by atoms with van der Waals surface area (Å²) in [6.45, 7) is 24.8. The molecule has 0 aromatic heterocycles. The monoisotopic (exact) mass is 215 g/mol. The predicted octanol–water partition coefficient (Wildman–Crippen LogP) is 0.706. The molecule has 0 bridgehead atoms. The van der Waals surface area contributed by atoms with Crippen LogP contribution in [0.15, 0.2) is 0 Å². The molecule has 0 heterocycles. The number of rotatable bonds is 0. The number of hydrogen-bond donors (Lipinski definition) is 0. The molecule has 6 nitrogen and oxygen atoms in total. The fourth-order valence-corrected chi connectivity index (χ4v) is 0. The minimum Gasteiger partial charge on any atom is -0.512 e. The Morgan fingerprint density at radius 1 is 0.462 bits per heavy atom. The molecule has 0 saturated heterocycles. The van der Waals surface area contributed by atoms with Crippen molar-refractivity contribution in [1.29, 1.82) is 31.6 Å². The molecule has 0 N–H and O–H groups in total. The molecule has 0 aromatic rings. The van der Waals surface area contributed by atoms with Crippen LogP contribution in [0.2, 0.25) is 0 Å². The minimum atomic E-state index is 0. The van der Waals surface area contributed by atoms with Crippen molar-refractivity contribution in [3.63, 3.8) is 0 Å². The van der Waals surface area contributed by atoms with E-state index in [-0.39, 0.29) is 17.1 Å². The summed E-state index contributed by atoms with van der Waals surface area (Å²) >= 11 is 0. The Hall–Kier alpha value is -2.54. The van der Waals surface area contributed by atoms with Gasteiger partial charge in [0.1, 0.15) is 0 Å². The van der Waals surface area contributed by atoms with E-state index in [2.05, 4.69) is 19.7 Å². The smallest absolute Gasteiger partial charge is 0.512 e. The van der Waals surface area contributed by atoms with Gasteiger partial charge in [-0.05, 0) is 0 Å². The van der Waals surface area contributed by atoms with Crippen LogP contribution in [0.5, 0.6) is 0 Å². The Morgan fingerprint density at radius 3 is 0.462 bits per heavy atom. The molecular formula is C6H3FeN6. The van der Waals surface area contributed by atoms with Gasteiger partial charge in [-0.25, -0.2) is 15.8 Å². The van der Waals surface area contributed by atoms with Crippen LogP contribution >= 0.6 is 0 Å². The maximum atomic E-state index is 6.50. The minimum absolute atomic E-state index is 0. The summed E-state index contributed by atoms with van der Waals surface area (Å²) in [5.74, 6) is 0. The van der Waals surface area contributed by atoms with Crippen molar-refractivity contribution >= 4 is 0 Å². The van der Waals surface area contributed by atoms with Crippen LogP contribution in [0.25, 0.3) is 0 Å². The third-order valence-corrected chi connectivity index (χ3v) is 0. The molecule has 0 aliphatic heterocycles. The average Bonchev–Trinajstić information content (AvgIpc) is 2.33. The summed E-state index contributed by atoms with van der Waals surface area (Å²) in [4.78, 5) is 0. The second kappa shape index (κ2) is 105. The second-order valence-electron chi connectivity index (χ2n) is 0. The van der Waals surface area contributed by atoms with Crippen LogP contribution in [0.3, 0.4) is 0 Å². The zero-order valence-corrected chi connectivity index (χ0v) is 7.37. The first-order chi connectivity index (χ1) is 6.00. The van der Waals surface area contributed by atoms with E-state index in [1.807, 2.05) is 0 Å². The molecule has 65 valence electrons. The van der Waals surface area contributed by atoms with Gasteiger partial charge >= 0.3 is 17.1 Å². The first kappa shape index (κ1) is 78.2. The molecule has 0 saturated carbocycles. The molecule has 13 heavy (non-hydrogen) atoms. The van der Waals surface area contributed by atoms with Gasteiger partial charge in [0.05, 0.1) is 0 Å². The molecule has 1 radical (unpaired) electrons. The summed E-state index contributed by atoms with van der Waals surface area (Å²) < 4.78 is 0. The van der Waals surface area contributed by atoms with E-state index in [1.54, 1.807) is 0 Å². The first-order valence-electron chi connectivity index (χ1n) is 1.45. The molecule has 0 aliphatic rings. The topological polar surface area (TPSA) is 143 Å². The Balaban J connectivity index is -0.00000000655. The van der Waals surface area contributed by atoms with Crippen molar-refractivity contribution < 1.29 is 17.1 Å². The van der Waals surface area contributed by atoms with E-state index in [0.29, 0.717) is 0 Å². The fraction of sp³-hybridized carbons (Fsp3) is 0. The maximum Gasteiger partial charge on any atom is 3.00 e. The Kier molecular flexibility index (Phi) is 631. The molecule has 0 rings (SSSR count). The number of nitriles is 3. The van der Waals surface area contributed by atoms with Crippen molar-refractivity contribution in [1.82, 2.24) is 0 Å². The third-order valence-electron chi connectivity index (χ3n) is 0. The molecule has 7 heteroatoms. The van der Waals surface area contributed by atoms with Gasteiger partial charge in [-0.1, -0.05) is 0 Å². The summed E-state index contributed by atoms with van der Waals surface area (Å²) in [7, 11) is 0. The van der Waals surface area contributed by atoms with Gasteiger partial charge in [0.15, 0.2) is 0 Å². The van der Waals surface area contributed by atoms with Crippen LogP contribution < -0.4 is 0 Å². The molecule has 0 unspecified atom stereocenters. The van der Waals surface area contributed by atoms with Crippen LogP contribution in [0.1, 0.15) is 0 Å². The maximum absolute atomic E-state index is 6.50. The van der Waals surface area contributed by atoms with E-state index in [9.17, 15) is 0 Å². The molecular weight excluding hydrogens is 212 g/mol. The standard InChI is InChI=1S/3CHN.3CN.Fe/c6*1-2;/h3*1H;;;;/q;;;3*-1;+3. The summed E-state index contributed by atoms with van der Waals surface area (Å²) in [6.07, 6.45) is 0. The van der Waals surface area contributed by atoms with E-state index in [0.717, 1.165) is 0 Å². The summed E-state index contributed by atoms with van der Waals surface area (Å²) in [6, 6.07) is 0. The Bertz CT molecular complexity index is 92.1. The Morgan fingerprint density at radius 2 is 0.462 bits per heavy atom. The first-order valence-corrected chi connectivity index (χ1v) is 1.45. The van der Waals surface area contributed by atoms with E-state index in [1.165, 1.54) is 0 Å². The van der Waals surface area contributed by atoms with Crippen LogP contribution in [-0.2, 0) is 17.1 Å². The SMILES string of the molecule is C#N.C#N.C#N.[C-]#N.[C-]#N.[C-]#N.[Fe+3].